The number of hydrogen-bond acceptors (Lipinski definition) is 7. The highest BCUT2D eigenvalue weighted by Gasteiger charge is 2.14. The summed E-state index contributed by atoms with van der Waals surface area (Å²) in [4.78, 5) is 24.0. The van der Waals surface area contributed by atoms with Crippen LogP contribution >= 0.6 is 0 Å². The molecule has 32 heavy (non-hydrogen) atoms. The van der Waals surface area contributed by atoms with Crippen molar-refractivity contribution >= 4 is 29.7 Å². The molecular weight excluding hydrogens is 406 g/mol. The van der Waals surface area contributed by atoms with Gasteiger partial charge in [-0.2, -0.15) is 5.10 Å². The Morgan fingerprint density at radius 2 is 1.94 bits per heavy atom. The minimum absolute atomic E-state index is 0.240. The average molecular weight is 434 g/mol. The first-order valence-corrected chi connectivity index (χ1v) is 10.7. The van der Waals surface area contributed by atoms with Crippen LogP contribution in [0.15, 0.2) is 42.5 Å². The van der Waals surface area contributed by atoms with Crippen LogP contribution < -0.4 is 10.6 Å². The number of benzene rings is 1. The van der Waals surface area contributed by atoms with E-state index in [2.05, 4.69) is 35.7 Å². The van der Waals surface area contributed by atoms with Gasteiger partial charge in [0.25, 0.3) is 5.91 Å². The lowest BCUT2D eigenvalue weighted by molar-refractivity contribution is 0.0383. The van der Waals surface area contributed by atoms with Gasteiger partial charge in [-0.3, -0.25) is 14.8 Å². The number of hydrogen-bond donors (Lipinski definition) is 3. The Hall–Kier alpha value is -3.56. The molecule has 0 bridgehead atoms. The zero-order valence-electron chi connectivity index (χ0n) is 18.0. The molecule has 0 radical (unpaired) electrons. The molecule has 9 nitrogen and oxygen atoms in total. The predicted molar refractivity (Wildman–Crippen MR) is 124 cm³/mol. The summed E-state index contributed by atoms with van der Waals surface area (Å²) in [6, 6.07) is 13.4. The van der Waals surface area contributed by atoms with Crippen LogP contribution in [-0.2, 0) is 4.74 Å². The highest BCUT2D eigenvalue weighted by molar-refractivity contribution is 5.93. The number of aryl methyl sites for hydroxylation is 1. The largest absolute Gasteiger partial charge is 0.379 e. The van der Waals surface area contributed by atoms with E-state index in [1.165, 1.54) is 0 Å². The summed E-state index contributed by atoms with van der Waals surface area (Å²) in [5.74, 6) is 1.32. The minimum atomic E-state index is -0.240. The van der Waals surface area contributed by atoms with Gasteiger partial charge in [-0.25, -0.2) is 9.97 Å². The molecule has 3 aromatic rings. The summed E-state index contributed by atoms with van der Waals surface area (Å²) in [7, 11) is 0. The van der Waals surface area contributed by atoms with Crippen molar-refractivity contribution in [3.8, 4) is 0 Å². The second kappa shape index (κ2) is 10.7. The molecule has 4 rings (SSSR count). The van der Waals surface area contributed by atoms with Crippen molar-refractivity contribution < 1.29 is 9.53 Å². The molecule has 3 heterocycles. The van der Waals surface area contributed by atoms with E-state index in [4.69, 9.17) is 4.74 Å². The van der Waals surface area contributed by atoms with E-state index >= 15 is 0 Å². The minimum Gasteiger partial charge on any atom is -0.379 e. The summed E-state index contributed by atoms with van der Waals surface area (Å²) >= 11 is 0. The fourth-order valence-corrected chi connectivity index (χ4v) is 3.31. The lowest BCUT2D eigenvalue weighted by Gasteiger charge is -2.26. The second-order valence-electron chi connectivity index (χ2n) is 7.51. The molecule has 9 heteroatoms. The van der Waals surface area contributed by atoms with Gasteiger partial charge in [0.05, 0.1) is 13.2 Å². The molecule has 0 aliphatic carbocycles. The van der Waals surface area contributed by atoms with Crippen molar-refractivity contribution in [2.24, 2.45) is 0 Å². The van der Waals surface area contributed by atoms with Crippen molar-refractivity contribution in [1.29, 1.82) is 0 Å². The van der Waals surface area contributed by atoms with Gasteiger partial charge in [0.1, 0.15) is 11.5 Å². The maximum Gasteiger partial charge on any atom is 0.270 e. The fraction of sp³-hybridized carbons (Fsp3) is 0.304. The number of rotatable bonds is 8. The van der Waals surface area contributed by atoms with Gasteiger partial charge in [0.2, 0.25) is 0 Å². The molecule has 1 fully saturated rings. The molecule has 2 aromatic heterocycles. The molecule has 1 aromatic carbocycles. The smallest absolute Gasteiger partial charge is 0.270 e. The van der Waals surface area contributed by atoms with Crippen LogP contribution in [0, 0.1) is 6.92 Å². The predicted octanol–water partition coefficient (Wildman–Crippen LogP) is 2.48. The van der Waals surface area contributed by atoms with Gasteiger partial charge >= 0.3 is 0 Å². The van der Waals surface area contributed by atoms with E-state index in [-0.39, 0.29) is 5.91 Å². The van der Waals surface area contributed by atoms with Crippen LogP contribution in [0.3, 0.4) is 0 Å². The normalized spacial score (nSPS) is 14.5. The maximum absolute atomic E-state index is 12.8. The summed E-state index contributed by atoms with van der Waals surface area (Å²) in [6.07, 6.45) is 3.71. The van der Waals surface area contributed by atoms with Crippen molar-refractivity contribution in [2.75, 3.05) is 44.7 Å². The number of carbonyl (C=O) groups is 1. The standard InChI is InChI=1S/C23H27N7O2/c1-17-15-22(29-28-17)27-21-16-19(23(31)24-9-10-30-11-13-32-14-12-30)25-20(26-21)8-7-18-5-3-2-4-6-18/h2-8,15-16H,9-14H2,1H3,(H,24,31)(H2,25,26,27,28,29). The van der Waals surface area contributed by atoms with E-state index in [0.717, 1.165) is 44.1 Å². The summed E-state index contributed by atoms with van der Waals surface area (Å²) in [6.45, 7) is 6.47. The lowest BCUT2D eigenvalue weighted by atomic mass is 10.2. The zero-order chi connectivity index (χ0) is 22.2. The Bertz CT molecular complexity index is 1060. The molecule has 1 aliphatic heterocycles. The summed E-state index contributed by atoms with van der Waals surface area (Å²) in [5, 5.41) is 13.2. The Balaban J connectivity index is 1.49. The van der Waals surface area contributed by atoms with E-state index < -0.39 is 0 Å². The van der Waals surface area contributed by atoms with Gasteiger partial charge in [-0.15, -0.1) is 0 Å². The first kappa shape index (κ1) is 21.7. The first-order valence-electron chi connectivity index (χ1n) is 10.7. The van der Waals surface area contributed by atoms with E-state index in [0.29, 0.717) is 29.7 Å². The molecular formula is C23H27N7O2. The lowest BCUT2D eigenvalue weighted by Crippen LogP contribution is -2.41. The van der Waals surface area contributed by atoms with Gasteiger partial charge in [-0.1, -0.05) is 36.4 Å². The Labute approximate surface area is 186 Å². The number of aromatic nitrogens is 4. The first-order chi connectivity index (χ1) is 15.7. The van der Waals surface area contributed by atoms with Crippen LogP contribution in [-0.4, -0.2) is 70.4 Å². The number of amides is 1. The number of carbonyl (C=O) groups excluding carboxylic acids is 1. The third kappa shape index (κ3) is 6.22. The van der Waals surface area contributed by atoms with Gasteiger partial charge in [0.15, 0.2) is 11.6 Å². The molecule has 1 saturated heterocycles. The Morgan fingerprint density at radius 3 is 2.69 bits per heavy atom. The number of ether oxygens (including phenoxy) is 1. The second-order valence-corrected chi connectivity index (χ2v) is 7.51. The molecule has 0 spiro atoms. The highest BCUT2D eigenvalue weighted by atomic mass is 16.5. The summed E-state index contributed by atoms with van der Waals surface area (Å²) in [5.41, 5.74) is 2.24. The third-order valence-corrected chi connectivity index (χ3v) is 4.98. The van der Waals surface area contributed by atoms with Crippen LogP contribution in [0.1, 0.15) is 27.6 Å². The third-order valence-electron chi connectivity index (χ3n) is 4.98. The zero-order valence-corrected chi connectivity index (χ0v) is 18.0. The number of nitrogens with zero attached hydrogens (tertiary/aromatic N) is 4. The van der Waals surface area contributed by atoms with E-state index in [1.807, 2.05) is 49.4 Å². The maximum atomic E-state index is 12.8. The number of morpholine rings is 1. The number of H-pyrrole nitrogens is 1. The van der Waals surface area contributed by atoms with E-state index in [1.54, 1.807) is 12.1 Å². The number of nitrogens with one attached hydrogen (secondary N) is 3. The fourth-order valence-electron chi connectivity index (χ4n) is 3.31. The van der Waals surface area contributed by atoms with Crippen LogP contribution in [0.4, 0.5) is 11.6 Å². The molecule has 3 N–H and O–H groups in total. The topological polar surface area (TPSA) is 108 Å². The van der Waals surface area contributed by atoms with Gasteiger partial charge in [-0.05, 0) is 18.6 Å². The Kier molecular flexibility index (Phi) is 7.21. The van der Waals surface area contributed by atoms with Crippen LogP contribution in [0.25, 0.3) is 12.2 Å². The average Bonchev–Trinajstić information content (AvgIpc) is 3.23. The van der Waals surface area contributed by atoms with Gasteiger partial charge < -0.3 is 15.4 Å². The highest BCUT2D eigenvalue weighted by Crippen LogP contribution is 2.15. The molecule has 0 unspecified atom stereocenters. The van der Waals surface area contributed by atoms with Crippen LogP contribution in [0.2, 0.25) is 0 Å². The van der Waals surface area contributed by atoms with Gasteiger partial charge in [0, 0.05) is 44.0 Å². The number of aromatic amines is 1. The van der Waals surface area contributed by atoms with Crippen molar-refractivity contribution in [2.45, 2.75) is 6.92 Å². The molecule has 1 aliphatic rings. The number of anilines is 2. The molecule has 1 amide bonds. The van der Waals surface area contributed by atoms with Crippen LogP contribution in [0.5, 0.6) is 0 Å². The molecule has 0 saturated carbocycles. The monoisotopic (exact) mass is 433 g/mol. The quantitative estimate of drug-likeness (QED) is 0.501. The van der Waals surface area contributed by atoms with Crippen molar-refractivity contribution in [3.05, 3.63) is 65.2 Å². The van der Waals surface area contributed by atoms with Crippen molar-refractivity contribution in [1.82, 2.24) is 30.4 Å². The SMILES string of the molecule is Cc1cc(Nc2cc(C(=O)NCCN3CCOCC3)nc(C=Cc3ccccc3)n2)n[nH]1. The molecule has 166 valence electrons. The summed E-state index contributed by atoms with van der Waals surface area (Å²) < 4.78 is 5.36. The van der Waals surface area contributed by atoms with E-state index in [9.17, 15) is 4.79 Å². The molecule has 0 atom stereocenters. The Morgan fingerprint density at radius 1 is 1.12 bits per heavy atom. The van der Waals surface area contributed by atoms with Crippen molar-refractivity contribution in [3.63, 3.8) is 0 Å².